The largest absolute Gasteiger partial charge is 0.460 e. The van der Waals surface area contributed by atoms with Crippen LogP contribution in [0.4, 0.5) is 0 Å². The van der Waals surface area contributed by atoms with Crippen molar-refractivity contribution in [3.8, 4) is 0 Å². The van der Waals surface area contributed by atoms with Gasteiger partial charge in [0, 0.05) is 11.3 Å². The number of ether oxygens (including phenoxy) is 1. The van der Waals surface area contributed by atoms with Crippen LogP contribution in [0.1, 0.15) is 23.4 Å². The number of carbonyl (C=O) groups excluding carboxylic acids is 1. The number of hydrogen-bond donors (Lipinski definition) is 0. The predicted octanol–water partition coefficient (Wildman–Crippen LogP) is 1.000. The Morgan fingerprint density at radius 3 is 2.82 bits per heavy atom. The van der Waals surface area contributed by atoms with Gasteiger partial charge in [0.1, 0.15) is 18.3 Å². The molecule has 1 aliphatic carbocycles. The van der Waals surface area contributed by atoms with Crippen LogP contribution in [0, 0.1) is 29.9 Å². The molecule has 0 saturated heterocycles. The van der Waals surface area contributed by atoms with Crippen LogP contribution in [-0.2, 0) is 16.1 Å². The average Bonchev–Trinajstić information content (AvgIpc) is 3.00. The van der Waals surface area contributed by atoms with E-state index in [1.54, 1.807) is 13.8 Å². The fourth-order valence-corrected chi connectivity index (χ4v) is 1.63. The topological polar surface area (TPSA) is 95.5 Å². The molecule has 92 valence electrons. The predicted molar refractivity (Wildman–Crippen MR) is 54.7 cm³/mol. The summed E-state index contributed by atoms with van der Waals surface area (Å²) >= 11 is 0. The standard InChI is InChI=1S/C10H12N2O5/c1-5-8(6(2)17-11-5)4-16-10(13)7-3-9(7)12(14)15/h7,9H,3-4H2,1-2H3. The van der Waals surface area contributed by atoms with E-state index in [1.165, 1.54) is 0 Å². The lowest BCUT2D eigenvalue weighted by molar-refractivity contribution is -0.497. The summed E-state index contributed by atoms with van der Waals surface area (Å²) in [6, 6.07) is -0.771. The smallest absolute Gasteiger partial charge is 0.316 e. The summed E-state index contributed by atoms with van der Waals surface area (Å²) in [5, 5.41) is 14.1. The minimum atomic E-state index is -0.771. The van der Waals surface area contributed by atoms with Gasteiger partial charge in [0.2, 0.25) is 6.04 Å². The van der Waals surface area contributed by atoms with E-state index in [0.29, 0.717) is 11.5 Å². The van der Waals surface area contributed by atoms with Crippen LogP contribution in [-0.4, -0.2) is 22.1 Å². The molecule has 1 aromatic rings. The van der Waals surface area contributed by atoms with Gasteiger partial charge in [-0.15, -0.1) is 0 Å². The number of rotatable bonds is 4. The Kier molecular flexibility index (Phi) is 2.83. The van der Waals surface area contributed by atoms with Crippen molar-refractivity contribution in [2.75, 3.05) is 0 Å². The first-order valence-corrected chi connectivity index (χ1v) is 5.22. The van der Waals surface area contributed by atoms with Gasteiger partial charge in [0.15, 0.2) is 0 Å². The summed E-state index contributed by atoms with van der Waals surface area (Å²) < 4.78 is 9.92. The van der Waals surface area contributed by atoms with Gasteiger partial charge in [-0.1, -0.05) is 5.16 Å². The van der Waals surface area contributed by atoms with E-state index < -0.39 is 22.9 Å². The van der Waals surface area contributed by atoms with Gasteiger partial charge < -0.3 is 9.26 Å². The van der Waals surface area contributed by atoms with Gasteiger partial charge in [0.25, 0.3) is 0 Å². The molecule has 0 amide bonds. The maximum absolute atomic E-state index is 11.5. The zero-order valence-corrected chi connectivity index (χ0v) is 9.50. The summed E-state index contributed by atoms with van der Waals surface area (Å²) in [5.41, 5.74) is 1.38. The highest BCUT2D eigenvalue weighted by Gasteiger charge is 2.54. The molecule has 2 atom stereocenters. The van der Waals surface area contributed by atoms with Crippen LogP contribution in [0.25, 0.3) is 0 Å². The monoisotopic (exact) mass is 240 g/mol. The Bertz CT molecular complexity index is 448. The average molecular weight is 240 g/mol. The van der Waals surface area contributed by atoms with Crippen molar-refractivity contribution in [1.29, 1.82) is 0 Å². The molecule has 0 radical (unpaired) electrons. The number of nitro groups is 1. The maximum Gasteiger partial charge on any atom is 0.316 e. The molecule has 7 nitrogen and oxygen atoms in total. The van der Waals surface area contributed by atoms with Crippen molar-refractivity contribution in [3.05, 3.63) is 27.1 Å². The normalized spacial score (nSPS) is 22.2. The van der Waals surface area contributed by atoms with E-state index in [2.05, 4.69) is 5.16 Å². The third kappa shape index (κ3) is 2.27. The number of aromatic nitrogens is 1. The molecule has 2 unspecified atom stereocenters. The van der Waals surface area contributed by atoms with Crippen molar-refractivity contribution in [2.45, 2.75) is 32.9 Å². The first-order chi connectivity index (χ1) is 8.00. The number of hydrogen-bond acceptors (Lipinski definition) is 6. The van der Waals surface area contributed by atoms with Crippen molar-refractivity contribution in [1.82, 2.24) is 5.16 Å². The third-order valence-corrected chi connectivity index (χ3v) is 2.87. The highest BCUT2D eigenvalue weighted by Crippen LogP contribution is 2.34. The van der Waals surface area contributed by atoms with E-state index in [4.69, 9.17) is 9.26 Å². The van der Waals surface area contributed by atoms with Crippen LogP contribution >= 0.6 is 0 Å². The van der Waals surface area contributed by atoms with E-state index in [0.717, 1.165) is 5.56 Å². The fraction of sp³-hybridized carbons (Fsp3) is 0.600. The summed E-state index contributed by atoms with van der Waals surface area (Å²) in [7, 11) is 0. The van der Waals surface area contributed by atoms with Gasteiger partial charge in [0.05, 0.1) is 11.3 Å². The second-order valence-electron chi connectivity index (χ2n) is 4.11. The van der Waals surface area contributed by atoms with Crippen LogP contribution < -0.4 is 0 Å². The Morgan fingerprint density at radius 2 is 2.35 bits per heavy atom. The molecule has 0 aliphatic heterocycles. The highest BCUT2D eigenvalue weighted by molar-refractivity contribution is 5.76. The molecule has 1 aromatic heterocycles. The molecule has 0 bridgehead atoms. The lowest BCUT2D eigenvalue weighted by Crippen LogP contribution is -2.13. The molecule has 0 aromatic carbocycles. The molecule has 1 heterocycles. The second-order valence-corrected chi connectivity index (χ2v) is 4.11. The summed E-state index contributed by atoms with van der Waals surface area (Å²) in [4.78, 5) is 21.4. The SMILES string of the molecule is Cc1noc(C)c1COC(=O)C1CC1[N+](=O)[O-]. The fourth-order valence-electron chi connectivity index (χ4n) is 1.63. The molecule has 0 spiro atoms. The van der Waals surface area contributed by atoms with Crippen molar-refractivity contribution in [2.24, 2.45) is 5.92 Å². The lowest BCUT2D eigenvalue weighted by atomic mass is 10.2. The highest BCUT2D eigenvalue weighted by atomic mass is 16.6. The lowest BCUT2D eigenvalue weighted by Gasteiger charge is -2.02. The first-order valence-electron chi connectivity index (χ1n) is 5.22. The van der Waals surface area contributed by atoms with Gasteiger partial charge in [-0.05, 0) is 13.8 Å². The Balaban J connectivity index is 1.88. The molecule has 1 saturated carbocycles. The molecule has 1 fully saturated rings. The minimum Gasteiger partial charge on any atom is -0.460 e. The summed E-state index contributed by atoms with van der Waals surface area (Å²) in [6.45, 7) is 3.53. The van der Waals surface area contributed by atoms with E-state index in [1.807, 2.05) is 0 Å². The van der Waals surface area contributed by atoms with Crippen molar-refractivity contribution < 1.29 is 19.0 Å². The van der Waals surface area contributed by atoms with Crippen LogP contribution in [0.5, 0.6) is 0 Å². The number of carbonyl (C=O) groups is 1. The molecule has 17 heavy (non-hydrogen) atoms. The van der Waals surface area contributed by atoms with Crippen molar-refractivity contribution >= 4 is 5.97 Å². The van der Waals surface area contributed by atoms with Gasteiger partial charge >= 0.3 is 5.97 Å². The number of nitrogens with zero attached hydrogens (tertiary/aromatic N) is 2. The molecular weight excluding hydrogens is 228 g/mol. The van der Waals surface area contributed by atoms with Gasteiger partial charge in [-0.25, -0.2) is 0 Å². The summed E-state index contributed by atoms with van der Waals surface area (Å²) in [6.07, 6.45) is 0.271. The van der Waals surface area contributed by atoms with Gasteiger partial charge in [-0.2, -0.15) is 0 Å². The molecule has 0 N–H and O–H groups in total. The zero-order valence-electron chi connectivity index (χ0n) is 9.50. The molecule has 1 aliphatic rings. The third-order valence-electron chi connectivity index (χ3n) is 2.87. The zero-order chi connectivity index (χ0) is 12.6. The molecule has 2 rings (SSSR count). The molecule has 7 heteroatoms. The van der Waals surface area contributed by atoms with E-state index in [-0.39, 0.29) is 13.0 Å². The Labute approximate surface area is 96.9 Å². The Morgan fingerprint density at radius 1 is 1.65 bits per heavy atom. The van der Waals surface area contributed by atoms with Crippen LogP contribution in [0.2, 0.25) is 0 Å². The van der Waals surface area contributed by atoms with E-state index in [9.17, 15) is 14.9 Å². The Hall–Kier alpha value is -1.92. The maximum atomic E-state index is 11.5. The van der Waals surface area contributed by atoms with Crippen LogP contribution in [0.3, 0.4) is 0 Å². The minimum absolute atomic E-state index is 0.0565. The first kappa shape index (κ1) is 11.6. The van der Waals surface area contributed by atoms with Gasteiger partial charge in [-0.3, -0.25) is 14.9 Å². The van der Waals surface area contributed by atoms with Crippen molar-refractivity contribution in [3.63, 3.8) is 0 Å². The second kappa shape index (κ2) is 4.15. The number of aryl methyl sites for hydroxylation is 2. The van der Waals surface area contributed by atoms with Crippen LogP contribution in [0.15, 0.2) is 4.52 Å². The quantitative estimate of drug-likeness (QED) is 0.442. The number of esters is 1. The molecular formula is C10H12N2O5. The summed E-state index contributed by atoms with van der Waals surface area (Å²) in [5.74, 6) is -0.519. The van der Waals surface area contributed by atoms with E-state index >= 15 is 0 Å².